The van der Waals surface area contributed by atoms with E-state index in [-0.39, 0.29) is 22.2 Å². The van der Waals surface area contributed by atoms with Crippen molar-refractivity contribution < 1.29 is 18.3 Å². The summed E-state index contributed by atoms with van der Waals surface area (Å²) in [5, 5.41) is 0.365. The Morgan fingerprint density at radius 2 is 2.24 bits per heavy atom. The third-order valence-electron chi connectivity index (χ3n) is 2.08. The molecule has 0 bridgehead atoms. The van der Waals surface area contributed by atoms with Gasteiger partial charge >= 0.3 is 5.97 Å². The van der Waals surface area contributed by atoms with Gasteiger partial charge in [-0.1, -0.05) is 15.9 Å². The molecule has 0 saturated heterocycles. The largest absolute Gasteiger partial charge is 0.469 e. The van der Waals surface area contributed by atoms with Gasteiger partial charge in [0.15, 0.2) is 0 Å². The van der Waals surface area contributed by atoms with E-state index in [0.717, 1.165) is 0 Å². The number of carbonyl (C=O) groups excluding carboxylic acids is 1. The summed E-state index contributed by atoms with van der Waals surface area (Å²) in [4.78, 5) is 15.2. The van der Waals surface area contributed by atoms with Crippen molar-refractivity contribution in [3.05, 3.63) is 27.5 Å². The molecule has 0 aliphatic heterocycles. The lowest BCUT2D eigenvalue weighted by molar-refractivity contribution is -0.139. The molecule has 94 valence electrons. The summed E-state index contributed by atoms with van der Waals surface area (Å²) in [7, 11) is 1.21. The van der Waals surface area contributed by atoms with Crippen LogP contribution in [0.1, 0.15) is 23.2 Å². The molecule has 0 aromatic carbocycles. The van der Waals surface area contributed by atoms with Crippen molar-refractivity contribution in [2.45, 2.75) is 18.2 Å². The first-order chi connectivity index (χ1) is 7.99. The molecule has 1 aromatic heterocycles. The van der Waals surface area contributed by atoms with E-state index in [1.54, 1.807) is 0 Å². The molecule has 17 heavy (non-hydrogen) atoms. The summed E-state index contributed by atoms with van der Waals surface area (Å²) in [6.45, 7) is 0. The maximum absolute atomic E-state index is 12.9. The molecule has 0 spiro atoms. The van der Waals surface area contributed by atoms with E-state index in [0.29, 0.717) is 11.0 Å². The van der Waals surface area contributed by atoms with E-state index in [1.807, 2.05) is 0 Å². The lowest BCUT2D eigenvalue weighted by Crippen LogP contribution is -2.09. The summed E-state index contributed by atoms with van der Waals surface area (Å²) in [5.41, 5.74) is 0.434. The second-order valence-electron chi connectivity index (χ2n) is 3.16. The normalized spacial score (nSPS) is 10.7. The lowest BCUT2D eigenvalue weighted by Gasteiger charge is -2.11. The first kappa shape index (κ1) is 14.5. The number of rotatable bonds is 4. The SMILES string of the molecule is COC(=O)Cc1c(C(F)F)cc(CBr)nc1Br. The van der Waals surface area contributed by atoms with Crippen molar-refractivity contribution in [1.82, 2.24) is 4.98 Å². The van der Waals surface area contributed by atoms with Gasteiger partial charge in [0.05, 0.1) is 19.2 Å². The van der Waals surface area contributed by atoms with Gasteiger partial charge in [-0.3, -0.25) is 4.79 Å². The van der Waals surface area contributed by atoms with Crippen LogP contribution in [0.2, 0.25) is 0 Å². The molecule has 0 aliphatic carbocycles. The molecule has 0 aliphatic rings. The summed E-state index contributed by atoms with van der Waals surface area (Å²) in [6, 6.07) is 1.28. The monoisotopic (exact) mass is 371 g/mol. The number of hydrogen-bond acceptors (Lipinski definition) is 3. The maximum Gasteiger partial charge on any atom is 0.310 e. The average molecular weight is 373 g/mol. The van der Waals surface area contributed by atoms with Crippen LogP contribution in [-0.4, -0.2) is 18.1 Å². The number of hydrogen-bond donors (Lipinski definition) is 0. The molecule has 1 rings (SSSR count). The van der Waals surface area contributed by atoms with Crippen LogP contribution in [0.4, 0.5) is 8.78 Å². The molecule has 7 heteroatoms. The number of ether oxygens (including phenoxy) is 1. The first-order valence-electron chi connectivity index (χ1n) is 4.58. The molecule has 0 amide bonds. The quantitative estimate of drug-likeness (QED) is 0.462. The van der Waals surface area contributed by atoms with Crippen LogP contribution in [0.5, 0.6) is 0 Å². The highest BCUT2D eigenvalue weighted by atomic mass is 79.9. The molecule has 3 nitrogen and oxygen atoms in total. The molecule has 0 atom stereocenters. The van der Waals surface area contributed by atoms with Crippen molar-refractivity contribution in [3.63, 3.8) is 0 Å². The summed E-state index contributed by atoms with van der Waals surface area (Å²) in [5.74, 6) is -0.582. The number of aromatic nitrogens is 1. The number of alkyl halides is 3. The summed E-state index contributed by atoms with van der Waals surface area (Å²) < 4.78 is 30.4. The van der Waals surface area contributed by atoms with Gasteiger partial charge in [0.2, 0.25) is 0 Å². The van der Waals surface area contributed by atoms with E-state index >= 15 is 0 Å². The van der Waals surface area contributed by atoms with Gasteiger partial charge < -0.3 is 4.74 Å². The Labute approximate surface area is 114 Å². The van der Waals surface area contributed by atoms with E-state index in [1.165, 1.54) is 13.2 Å². The van der Waals surface area contributed by atoms with Gasteiger partial charge in [0, 0.05) is 16.5 Å². The fourth-order valence-corrected chi connectivity index (χ4v) is 2.15. The minimum atomic E-state index is -2.66. The Bertz CT molecular complexity index is 427. The van der Waals surface area contributed by atoms with Crippen LogP contribution < -0.4 is 0 Å². The Hall–Kier alpha value is -0.560. The van der Waals surface area contributed by atoms with Gasteiger partial charge in [0.1, 0.15) is 4.60 Å². The molecule has 0 radical (unpaired) electrons. The van der Waals surface area contributed by atoms with E-state index in [2.05, 4.69) is 41.6 Å². The molecule has 1 heterocycles. The fraction of sp³-hybridized carbons (Fsp3) is 0.400. The summed E-state index contributed by atoms with van der Waals surface area (Å²) >= 11 is 6.24. The third kappa shape index (κ3) is 3.70. The second-order valence-corrected chi connectivity index (χ2v) is 4.47. The average Bonchev–Trinajstić information content (AvgIpc) is 2.30. The van der Waals surface area contributed by atoms with Crippen LogP contribution in [0.3, 0.4) is 0 Å². The van der Waals surface area contributed by atoms with Gasteiger partial charge in [-0.2, -0.15) is 0 Å². The number of carbonyl (C=O) groups is 1. The zero-order valence-corrected chi connectivity index (χ0v) is 12.0. The van der Waals surface area contributed by atoms with Crippen LogP contribution in [0.15, 0.2) is 10.7 Å². The highest BCUT2D eigenvalue weighted by Crippen LogP contribution is 2.29. The van der Waals surface area contributed by atoms with Crippen molar-refractivity contribution >= 4 is 37.8 Å². The molecular formula is C10H9Br2F2NO2. The minimum Gasteiger partial charge on any atom is -0.469 e. The number of methoxy groups -OCH3 is 1. The van der Waals surface area contributed by atoms with Crippen LogP contribution in [0, 0.1) is 0 Å². The van der Waals surface area contributed by atoms with Crippen LogP contribution >= 0.6 is 31.9 Å². The van der Waals surface area contributed by atoms with Gasteiger partial charge in [-0.05, 0) is 22.0 Å². The topological polar surface area (TPSA) is 39.2 Å². The molecule has 0 fully saturated rings. The van der Waals surface area contributed by atoms with Crippen molar-refractivity contribution in [2.24, 2.45) is 0 Å². The summed E-state index contributed by atoms with van der Waals surface area (Å²) in [6.07, 6.45) is -2.89. The maximum atomic E-state index is 12.9. The highest BCUT2D eigenvalue weighted by molar-refractivity contribution is 9.10. The smallest absolute Gasteiger partial charge is 0.310 e. The Morgan fingerprint density at radius 3 is 2.71 bits per heavy atom. The predicted molar refractivity (Wildman–Crippen MR) is 65.2 cm³/mol. The van der Waals surface area contributed by atoms with E-state index in [9.17, 15) is 13.6 Å². The number of halogens is 4. The fourth-order valence-electron chi connectivity index (χ4n) is 1.27. The Morgan fingerprint density at radius 1 is 1.59 bits per heavy atom. The van der Waals surface area contributed by atoms with E-state index < -0.39 is 12.4 Å². The lowest BCUT2D eigenvalue weighted by atomic mass is 10.1. The highest BCUT2D eigenvalue weighted by Gasteiger charge is 2.20. The van der Waals surface area contributed by atoms with Gasteiger partial charge in [-0.15, -0.1) is 0 Å². The molecule has 0 unspecified atom stereocenters. The Kier molecular flexibility index (Phi) is 5.45. The molecule has 0 saturated carbocycles. The molecule has 1 aromatic rings. The van der Waals surface area contributed by atoms with Crippen LogP contribution in [0.25, 0.3) is 0 Å². The van der Waals surface area contributed by atoms with E-state index in [4.69, 9.17) is 0 Å². The minimum absolute atomic E-state index is 0.163. The molecular weight excluding hydrogens is 364 g/mol. The number of esters is 1. The van der Waals surface area contributed by atoms with Crippen LogP contribution in [-0.2, 0) is 21.3 Å². The zero-order chi connectivity index (χ0) is 13.0. The number of nitrogens with zero attached hydrogens (tertiary/aromatic N) is 1. The number of pyridine rings is 1. The van der Waals surface area contributed by atoms with Crippen molar-refractivity contribution in [1.29, 1.82) is 0 Å². The predicted octanol–water partition coefficient (Wildman–Crippen LogP) is 3.39. The first-order valence-corrected chi connectivity index (χ1v) is 6.50. The van der Waals surface area contributed by atoms with Crippen molar-refractivity contribution in [2.75, 3.05) is 7.11 Å². The molecule has 0 N–H and O–H groups in total. The third-order valence-corrected chi connectivity index (χ3v) is 3.31. The zero-order valence-electron chi connectivity index (χ0n) is 8.84. The second kappa shape index (κ2) is 6.39. The standard InChI is InChI=1S/C10H9Br2F2NO2/c1-17-8(16)3-6-7(10(13)14)2-5(4-11)15-9(6)12/h2,10H,3-4H2,1H3. The Balaban J connectivity index is 3.21. The van der Waals surface area contributed by atoms with Gasteiger partial charge in [0.25, 0.3) is 6.43 Å². The van der Waals surface area contributed by atoms with Gasteiger partial charge in [-0.25, -0.2) is 13.8 Å². The van der Waals surface area contributed by atoms with Crippen molar-refractivity contribution in [3.8, 4) is 0 Å².